The first-order valence-electron chi connectivity index (χ1n) is 11.0. The molecule has 2 N–H and O–H groups in total. The maximum Gasteiger partial charge on any atom is 0.243 e. The summed E-state index contributed by atoms with van der Waals surface area (Å²) >= 11 is 5.40. The zero-order chi connectivity index (χ0) is 25.8. The highest BCUT2D eigenvalue weighted by molar-refractivity contribution is 7.91. The Kier molecular flexibility index (Phi) is 7.91. The summed E-state index contributed by atoms with van der Waals surface area (Å²) in [6, 6.07) is 18.8. The lowest BCUT2D eigenvalue weighted by Gasteiger charge is -2.26. The molecule has 1 aliphatic heterocycles. The van der Waals surface area contributed by atoms with E-state index in [2.05, 4.69) is 10.6 Å². The number of sulfone groups is 1. The van der Waals surface area contributed by atoms with E-state index in [0.29, 0.717) is 43.4 Å². The van der Waals surface area contributed by atoms with Gasteiger partial charge in [-0.1, -0.05) is 18.2 Å². The number of ether oxygens (including phenoxy) is 2. The molecule has 4 rings (SSSR count). The monoisotopic (exact) mass is 547 g/mol. The minimum absolute atomic E-state index is 0.0810. The quantitative estimate of drug-likeness (QED) is 0.430. The molecule has 12 heteroatoms. The first-order chi connectivity index (χ1) is 17.2. The number of methoxy groups -OCH3 is 1. The molecule has 1 saturated heterocycles. The summed E-state index contributed by atoms with van der Waals surface area (Å²) in [6.07, 6.45) is 0. The number of rotatable bonds is 7. The molecule has 0 radical (unpaired) electrons. The Morgan fingerprint density at radius 3 is 2.14 bits per heavy atom. The van der Waals surface area contributed by atoms with Crippen LogP contribution in [0.4, 0.5) is 11.4 Å². The van der Waals surface area contributed by atoms with E-state index >= 15 is 0 Å². The van der Waals surface area contributed by atoms with Crippen molar-refractivity contribution in [1.29, 1.82) is 0 Å². The largest absolute Gasteiger partial charge is 0.495 e. The molecule has 1 fully saturated rings. The maximum absolute atomic E-state index is 13.0. The Bertz CT molecular complexity index is 1440. The number of anilines is 2. The smallest absolute Gasteiger partial charge is 0.243 e. The summed E-state index contributed by atoms with van der Waals surface area (Å²) in [5.41, 5.74) is 0.916. The molecule has 190 valence electrons. The lowest BCUT2D eigenvalue weighted by atomic mass is 10.3. The predicted molar refractivity (Wildman–Crippen MR) is 141 cm³/mol. The molecule has 0 spiro atoms. The molecule has 0 saturated carbocycles. The van der Waals surface area contributed by atoms with Crippen LogP contribution in [-0.4, -0.2) is 59.7 Å². The zero-order valence-electron chi connectivity index (χ0n) is 19.4. The van der Waals surface area contributed by atoms with Gasteiger partial charge >= 0.3 is 0 Å². The highest BCUT2D eigenvalue weighted by Gasteiger charge is 2.26. The topological polar surface area (TPSA) is 114 Å². The standard InChI is InChI=1S/C24H25N3O6S3/c1-32-23-12-11-21(35(28,29)19-5-3-2-4-6-19)17-22(23)26-24(34)25-18-7-9-20(10-8-18)36(30,31)27-13-15-33-16-14-27/h2-12,17H,13-16H2,1H3,(H2,25,26,34). The fourth-order valence-electron chi connectivity index (χ4n) is 3.62. The van der Waals surface area contributed by atoms with Crippen LogP contribution in [0, 0.1) is 0 Å². The number of benzene rings is 3. The van der Waals surface area contributed by atoms with Gasteiger partial charge in [-0.2, -0.15) is 4.31 Å². The van der Waals surface area contributed by atoms with E-state index in [0.717, 1.165) is 0 Å². The van der Waals surface area contributed by atoms with Crippen molar-refractivity contribution in [2.24, 2.45) is 0 Å². The molecular formula is C24H25N3O6S3. The van der Waals surface area contributed by atoms with Gasteiger partial charge in [-0.3, -0.25) is 0 Å². The van der Waals surface area contributed by atoms with Crippen LogP contribution in [-0.2, 0) is 24.6 Å². The van der Waals surface area contributed by atoms with E-state index in [1.807, 2.05) is 0 Å². The molecule has 3 aromatic rings. The van der Waals surface area contributed by atoms with Crippen molar-refractivity contribution in [2.45, 2.75) is 14.7 Å². The second kappa shape index (κ2) is 10.9. The Morgan fingerprint density at radius 2 is 1.50 bits per heavy atom. The summed E-state index contributed by atoms with van der Waals surface area (Å²) < 4.78 is 63.6. The lowest BCUT2D eigenvalue weighted by Crippen LogP contribution is -2.40. The van der Waals surface area contributed by atoms with E-state index in [1.165, 1.54) is 47.8 Å². The van der Waals surface area contributed by atoms with Crippen molar-refractivity contribution in [3.63, 3.8) is 0 Å². The van der Waals surface area contributed by atoms with Gasteiger partial charge in [0.05, 0.1) is 40.7 Å². The van der Waals surface area contributed by atoms with Crippen LogP contribution >= 0.6 is 12.2 Å². The average Bonchev–Trinajstić information content (AvgIpc) is 2.90. The molecule has 36 heavy (non-hydrogen) atoms. The van der Waals surface area contributed by atoms with Crippen LogP contribution in [0.1, 0.15) is 0 Å². The van der Waals surface area contributed by atoms with Gasteiger partial charge in [0.25, 0.3) is 0 Å². The Hall–Kier alpha value is -3.03. The highest BCUT2D eigenvalue weighted by Crippen LogP contribution is 2.30. The third-order valence-corrected chi connectivity index (χ3v) is 9.39. The molecule has 1 aliphatic rings. The van der Waals surface area contributed by atoms with Gasteiger partial charge in [0.1, 0.15) is 5.75 Å². The summed E-state index contributed by atoms with van der Waals surface area (Å²) in [7, 11) is -5.87. The number of nitrogens with one attached hydrogen (secondary N) is 2. The van der Waals surface area contributed by atoms with E-state index in [4.69, 9.17) is 21.7 Å². The van der Waals surface area contributed by atoms with Gasteiger partial charge in [-0.25, -0.2) is 16.8 Å². The number of sulfonamides is 1. The van der Waals surface area contributed by atoms with Crippen molar-refractivity contribution < 1.29 is 26.3 Å². The van der Waals surface area contributed by atoms with Gasteiger partial charge in [0.15, 0.2) is 5.11 Å². The number of nitrogens with zero attached hydrogens (tertiary/aromatic N) is 1. The second-order valence-corrected chi connectivity index (χ2v) is 12.1. The number of hydrogen-bond donors (Lipinski definition) is 2. The SMILES string of the molecule is COc1ccc(S(=O)(=O)c2ccccc2)cc1NC(=S)Nc1ccc(S(=O)(=O)N2CCOCC2)cc1. The summed E-state index contributed by atoms with van der Waals surface area (Å²) in [6.45, 7) is 1.38. The Labute approximate surface area is 216 Å². The molecule has 0 aromatic heterocycles. The van der Waals surface area contributed by atoms with Gasteiger partial charge in [-0.05, 0) is 66.8 Å². The van der Waals surface area contributed by atoms with Crippen molar-refractivity contribution in [3.8, 4) is 5.75 Å². The Morgan fingerprint density at radius 1 is 0.861 bits per heavy atom. The van der Waals surface area contributed by atoms with E-state index < -0.39 is 19.9 Å². The predicted octanol–water partition coefficient (Wildman–Crippen LogP) is 3.36. The van der Waals surface area contributed by atoms with Crippen LogP contribution in [0.2, 0.25) is 0 Å². The number of thiocarbonyl (C=S) groups is 1. The van der Waals surface area contributed by atoms with E-state index in [-0.39, 0.29) is 19.8 Å². The molecule has 0 bridgehead atoms. The maximum atomic E-state index is 13.0. The summed E-state index contributed by atoms with van der Waals surface area (Å²) in [5.74, 6) is 0.401. The lowest BCUT2D eigenvalue weighted by molar-refractivity contribution is 0.0730. The zero-order valence-corrected chi connectivity index (χ0v) is 21.8. The van der Waals surface area contributed by atoms with Crippen LogP contribution in [0.3, 0.4) is 0 Å². The normalized spacial score (nSPS) is 14.7. The molecule has 0 aliphatic carbocycles. The van der Waals surface area contributed by atoms with Crippen LogP contribution in [0.5, 0.6) is 5.75 Å². The van der Waals surface area contributed by atoms with Gasteiger partial charge in [-0.15, -0.1) is 0 Å². The number of morpholine rings is 1. The van der Waals surface area contributed by atoms with Crippen molar-refractivity contribution >= 4 is 48.6 Å². The second-order valence-electron chi connectivity index (χ2n) is 7.80. The third-order valence-electron chi connectivity index (χ3n) is 5.50. The van der Waals surface area contributed by atoms with Gasteiger partial charge < -0.3 is 20.1 Å². The molecule has 0 unspecified atom stereocenters. The van der Waals surface area contributed by atoms with Gasteiger partial charge in [0, 0.05) is 18.8 Å². The molecule has 0 amide bonds. The van der Waals surface area contributed by atoms with Crippen molar-refractivity contribution in [3.05, 3.63) is 72.8 Å². The molecular weight excluding hydrogens is 522 g/mol. The number of hydrogen-bond acceptors (Lipinski definition) is 7. The minimum atomic E-state index is -3.74. The van der Waals surface area contributed by atoms with Gasteiger partial charge in [0.2, 0.25) is 19.9 Å². The molecule has 9 nitrogen and oxygen atoms in total. The van der Waals surface area contributed by atoms with E-state index in [1.54, 1.807) is 36.4 Å². The third kappa shape index (κ3) is 5.68. The molecule has 3 aromatic carbocycles. The van der Waals surface area contributed by atoms with Crippen LogP contribution in [0.25, 0.3) is 0 Å². The Balaban J connectivity index is 1.49. The van der Waals surface area contributed by atoms with Crippen LogP contribution < -0.4 is 15.4 Å². The summed E-state index contributed by atoms with van der Waals surface area (Å²) in [5, 5.41) is 6.11. The minimum Gasteiger partial charge on any atom is -0.495 e. The molecule has 1 heterocycles. The highest BCUT2D eigenvalue weighted by atomic mass is 32.2. The first-order valence-corrected chi connectivity index (χ1v) is 14.3. The van der Waals surface area contributed by atoms with Crippen molar-refractivity contribution in [1.82, 2.24) is 4.31 Å². The fraction of sp³-hybridized carbons (Fsp3) is 0.208. The average molecular weight is 548 g/mol. The molecule has 0 atom stereocenters. The summed E-state index contributed by atoms with van der Waals surface area (Å²) in [4.78, 5) is 0.431. The van der Waals surface area contributed by atoms with Crippen molar-refractivity contribution in [2.75, 3.05) is 44.0 Å². The van der Waals surface area contributed by atoms with Crippen LogP contribution in [0.15, 0.2) is 87.5 Å². The first kappa shape index (κ1) is 26.0. The fourth-order valence-corrected chi connectivity index (χ4v) is 6.56. The van der Waals surface area contributed by atoms with E-state index in [9.17, 15) is 16.8 Å².